The van der Waals surface area contributed by atoms with Gasteiger partial charge < -0.3 is 18.8 Å². The third-order valence-corrected chi connectivity index (χ3v) is 5.40. The van der Waals surface area contributed by atoms with Crippen LogP contribution in [0.1, 0.15) is 30.8 Å². The van der Waals surface area contributed by atoms with E-state index in [-0.39, 0.29) is 18.1 Å². The van der Waals surface area contributed by atoms with E-state index in [1.165, 1.54) is 0 Å². The molecule has 0 aromatic carbocycles. The summed E-state index contributed by atoms with van der Waals surface area (Å²) in [5, 5.41) is 0. The SMILES string of the molecule is Cc1ccc(CN2CCO[C@@]3(CCC[C@@H]3COCC(=O)N(C)C)C2)o1. The van der Waals surface area contributed by atoms with Gasteiger partial charge in [0.1, 0.15) is 18.1 Å². The van der Waals surface area contributed by atoms with Crippen LogP contribution in [0, 0.1) is 12.8 Å². The Morgan fingerprint density at radius 1 is 1.44 bits per heavy atom. The van der Waals surface area contributed by atoms with Crippen LogP contribution in [-0.2, 0) is 20.8 Å². The number of likely N-dealkylation sites (N-methyl/N-ethyl adjacent to an activating group) is 1. The molecule has 2 fully saturated rings. The van der Waals surface area contributed by atoms with Gasteiger partial charge in [0.15, 0.2) is 0 Å². The summed E-state index contributed by atoms with van der Waals surface area (Å²) in [5.74, 6) is 2.32. The molecule has 2 aliphatic rings. The molecule has 0 radical (unpaired) electrons. The van der Waals surface area contributed by atoms with Gasteiger partial charge in [0.25, 0.3) is 0 Å². The van der Waals surface area contributed by atoms with Gasteiger partial charge in [0, 0.05) is 33.1 Å². The van der Waals surface area contributed by atoms with E-state index in [1.807, 2.05) is 13.0 Å². The lowest BCUT2D eigenvalue weighted by molar-refractivity contribution is -0.149. The summed E-state index contributed by atoms with van der Waals surface area (Å²) < 4.78 is 17.7. The van der Waals surface area contributed by atoms with Crippen LogP contribution in [0.25, 0.3) is 0 Å². The van der Waals surface area contributed by atoms with Crippen molar-refractivity contribution in [3.63, 3.8) is 0 Å². The Kier molecular flexibility index (Phi) is 5.81. The van der Waals surface area contributed by atoms with Gasteiger partial charge >= 0.3 is 0 Å². The zero-order valence-electron chi connectivity index (χ0n) is 15.6. The average molecular weight is 350 g/mol. The largest absolute Gasteiger partial charge is 0.465 e. The molecule has 6 nitrogen and oxygen atoms in total. The summed E-state index contributed by atoms with van der Waals surface area (Å²) >= 11 is 0. The monoisotopic (exact) mass is 350 g/mol. The highest BCUT2D eigenvalue weighted by molar-refractivity contribution is 5.76. The van der Waals surface area contributed by atoms with Gasteiger partial charge in [-0.25, -0.2) is 0 Å². The lowest BCUT2D eigenvalue weighted by atomic mass is 9.89. The second-order valence-corrected chi connectivity index (χ2v) is 7.53. The van der Waals surface area contributed by atoms with Crippen molar-refractivity contribution in [3.05, 3.63) is 23.7 Å². The van der Waals surface area contributed by atoms with E-state index in [4.69, 9.17) is 13.9 Å². The van der Waals surface area contributed by atoms with Crippen molar-refractivity contribution < 1.29 is 18.7 Å². The molecule has 1 amide bonds. The highest BCUT2D eigenvalue weighted by atomic mass is 16.5. The molecule has 1 saturated carbocycles. The fraction of sp³-hybridized carbons (Fsp3) is 0.737. The van der Waals surface area contributed by atoms with Crippen LogP contribution in [0.2, 0.25) is 0 Å². The third-order valence-electron chi connectivity index (χ3n) is 5.40. The van der Waals surface area contributed by atoms with Gasteiger partial charge in [-0.15, -0.1) is 0 Å². The first-order valence-corrected chi connectivity index (χ1v) is 9.18. The summed E-state index contributed by atoms with van der Waals surface area (Å²) in [6, 6.07) is 4.07. The Bertz CT molecular complexity index is 586. The van der Waals surface area contributed by atoms with Crippen molar-refractivity contribution in [2.24, 2.45) is 5.92 Å². The first kappa shape index (κ1) is 18.4. The predicted molar refractivity (Wildman–Crippen MR) is 94.3 cm³/mol. The maximum atomic E-state index is 11.7. The molecule has 1 aromatic heterocycles. The highest BCUT2D eigenvalue weighted by Gasteiger charge is 2.47. The molecule has 25 heavy (non-hydrogen) atoms. The fourth-order valence-corrected chi connectivity index (χ4v) is 3.97. The number of amides is 1. The van der Waals surface area contributed by atoms with Crippen LogP contribution in [0.15, 0.2) is 16.5 Å². The third kappa shape index (κ3) is 4.43. The molecule has 1 aliphatic heterocycles. The molecule has 1 aromatic rings. The molecule has 2 atom stereocenters. The Labute approximate surface area is 150 Å². The standard InChI is InChI=1S/C19H30N2O4/c1-15-6-7-17(25-15)11-21-9-10-24-19(14-21)8-4-5-16(19)12-23-13-18(22)20(2)3/h6-7,16H,4-5,8-14H2,1-3H3/t16-,19+/m1/s1. The van der Waals surface area contributed by atoms with Crippen LogP contribution >= 0.6 is 0 Å². The molecule has 2 heterocycles. The van der Waals surface area contributed by atoms with E-state index < -0.39 is 0 Å². The number of rotatable bonds is 6. The van der Waals surface area contributed by atoms with Crippen LogP contribution in [0.5, 0.6) is 0 Å². The summed E-state index contributed by atoms with van der Waals surface area (Å²) in [6.07, 6.45) is 3.32. The maximum absolute atomic E-state index is 11.7. The molecule has 1 aliphatic carbocycles. The number of aryl methyl sites for hydroxylation is 1. The first-order chi connectivity index (χ1) is 12.0. The molecule has 0 bridgehead atoms. The minimum absolute atomic E-state index is 0.00595. The summed E-state index contributed by atoms with van der Waals surface area (Å²) in [6.45, 7) is 6.11. The minimum Gasteiger partial charge on any atom is -0.465 e. The number of nitrogens with zero attached hydrogens (tertiary/aromatic N) is 2. The Morgan fingerprint density at radius 2 is 2.28 bits per heavy atom. The molecule has 6 heteroatoms. The van der Waals surface area contributed by atoms with Gasteiger partial charge in [-0.05, 0) is 31.9 Å². The van der Waals surface area contributed by atoms with Crippen molar-refractivity contribution in [2.75, 3.05) is 47.0 Å². The van der Waals surface area contributed by atoms with E-state index >= 15 is 0 Å². The second-order valence-electron chi connectivity index (χ2n) is 7.53. The van der Waals surface area contributed by atoms with Gasteiger partial charge in [0.2, 0.25) is 5.91 Å². The Hall–Kier alpha value is -1.37. The number of hydrogen-bond donors (Lipinski definition) is 0. The first-order valence-electron chi connectivity index (χ1n) is 9.18. The zero-order valence-corrected chi connectivity index (χ0v) is 15.6. The van der Waals surface area contributed by atoms with Gasteiger partial charge in [0.05, 0.1) is 25.4 Å². The van der Waals surface area contributed by atoms with E-state index in [1.54, 1.807) is 19.0 Å². The van der Waals surface area contributed by atoms with E-state index in [2.05, 4.69) is 11.0 Å². The van der Waals surface area contributed by atoms with Crippen molar-refractivity contribution in [2.45, 2.75) is 38.3 Å². The van der Waals surface area contributed by atoms with Crippen LogP contribution in [0.4, 0.5) is 0 Å². The Morgan fingerprint density at radius 3 is 3.00 bits per heavy atom. The molecule has 140 valence electrons. The number of carbonyl (C=O) groups is 1. The maximum Gasteiger partial charge on any atom is 0.248 e. The molecule has 0 unspecified atom stereocenters. The van der Waals surface area contributed by atoms with Crippen LogP contribution < -0.4 is 0 Å². The minimum atomic E-state index is -0.138. The lowest BCUT2D eigenvalue weighted by Gasteiger charge is -2.43. The Balaban J connectivity index is 1.56. The number of furan rings is 1. The average Bonchev–Trinajstić information content (AvgIpc) is 3.14. The van der Waals surface area contributed by atoms with Gasteiger partial charge in [-0.2, -0.15) is 0 Å². The van der Waals surface area contributed by atoms with Crippen molar-refractivity contribution in [3.8, 4) is 0 Å². The normalized spacial score (nSPS) is 27.1. The predicted octanol–water partition coefficient (Wildman–Crippen LogP) is 2.06. The molecular weight excluding hydrogens is 320 g/mol. The van der Waals surface area contributed by atoms with E-state index in [0.717, 1.165) is 57.0 Å². The number of hydrogen-bond acceptors (Lipinski definition) is 5. The topological polar surface area (TPSA) is 55.2 Å². The number of ether oxygens (including phenoxy) is 2. The molecule has 1 spiro atoms. The summed E-state index contributed by atoms with van der Waals surface area (Å²) in [4.78, 5) is 15.7. The van der Waals surface area contributed by atoms with Crippen LogP contribution in [-0.4, -0.2) is 68.3 Å². The van der Waals surface area contributed by atoms with Gasteiger partial charge in [-0.1, -0.05) is 6.42 Å². The van der Waals surface area contributed by atoms with E-state index in [0.29, 0.717) is 12.5 Å². The van der Waals surface area contributed by atoms with Crippen LogP contribution in [0.3, 0.4) is 0 Å². The zero-order chi connectivity index (χ0) is 17.9. The molecular formula is C19H30N2O4. The van der Waals surface area contributed by atoms with Crippen molar-refractivity contribution in [1.82, 2.24) is 9.80 Å². The van der Waals surface area contributed by atoms with E-state index in [9.17, 15) is 4.79 Å². The number of carbonyl (C=O) groups excluding carboxylic acids is 1. The molecule has 0 N–H and O–H groups in total. The highest BCUT2D eigenvalue weighted by Crippen LogP contribution is 2.41. The smallest absolute Gasteiger partial charge is 0.248 e. The quantitative estimate of drug-likeness (QED) is 0.786. The fourth-order valence-electron chi connectivity index (χ4n) is 3.97. The molecule has 3 rings (SSSR count). The van der Waals surface area contributed by atoms with Crippen molar-refractivity contribution >= 4 is 5.91 Å². The molecule has 1 saturated heterocycles. The lowest BCUT2D eigenvalue weighted by Crippen LogP contribution is -2.54. The summed E-state index contributed by atoms with van der Waals surface area (Å²) in [7, 11) is 3.50. The van der Waals surface area contributed by atoms with Gasteiger partial charge in [-0.3, -0.25) is 9.69 Å². The number of morpholine rings is 1. The summed E-state index contributed by atoms with van der Waals surface area (Å²) in [5.41, 5.74) is -0.138. The second kappa shape index (κ2) is 7.89. The van der Waals surface area contributed by atoms with Crippen molar-refractivity contribution in [1.29, 1.82) is 0 Å².